The first-order valence-electron chi connectivity index (χ1n) is 6.26. The van der Waals surface area contributed by atoms with Crippen LogP contribution in [0.15, 0.2) is 17.5 Å². The Kier molecular flexibility index (Phi) is 4.25. The largest absolute Gasteiger partial charge is 0.480 e. The smallest absolute Gasteiger partial charge is 0.329 e. The summed E-state index contributed by atoms with van der Waals surface area (Å²) in [6.45, 7) is 4.33. The number of ether oxygens (including phenoxy) is 1. The Morgan fingerprint density at radius 3 is 2.80 bits per heavy atom. The maximum absolute atomic E-state index is 11.9. The monoisotopic (exact) mass is 295 g/mol. The number of thiophene rings is 1. The first-order valence-corrected chi connectivity index (χ1v) is 7.14. The van der Waals surface area contributed by atoms with E-state index in [0.29, 0.717) is 13.1 Å². The molecule has 2 heterocycles. The molecular formula is C14H17NO4S. The lowest BCUT2D eigenvalue weighted by Gasteiger charge is -2.46. The predicted octanol–water partition coefficient (Wildman–Crippen LogP) is 1.77. The van der Waals surface area contributed by atoms with Gasteiger partial charge in [0.25, 0.3) is 0 Å². The molecule has 1 aliphatic rings. The number of likely N-dealkylation sites (tertiary alicyclic amines) is 1. The van der Waals surface area contributed by atoms with Gasteiger partial charge in [-0.2, -0.15) is 0 Å². The van der Waals surface area contributed by atoms with E-state index in [1.165, 1.54) is 0 Å². The molecule has 0 unspecified atom stereocenters. The molecule has 20 heavy (non-hydrogen) atoms. The molecule has 0 atom stereocenters. The Morgan fingerprint density at radius 2 is 2.25 bits per heavy atom. The molecule has 2 rings (SSSR count). The highest BCUT2D eigenvalue weighted by atomic mass is 32.1. The molecule has 0 aliphatic carbocycles. The van der Waals surface area contributed by atoms with Crippen LogP contribution in [0.5, 0.6) is 0 Å². The second-order valence-electron chi connectivity index (χ2n) is 5.13. The molecule has 1 aromatic rings. The zero-order valence-electron chi connectivity index (χ0n) is 11.5. The number of hydrogen-bond acceptors (Lipinski definition) is 4. The fourth-order valence-electron chi connectivity index (χ4n) is 2.05. The van der Waals surface area contributed by atoms with Gasteiger partial charge in [0.1, 0.15) is 12.2 Å². The van der Waals surface area contributed by atoms with Crippen molar-refractivity contribution in [1.82, 2.24) is 4.90 Å². The third kappa shape index (κ3) is 3.46. The van der Waals surface area contributed by atoms with E-state index in [-0.39, 0.29) is 12.5 Å². The van der Waals surface area contributed by atoms with Gasteiger partial charge in [0.05, 0.1) is 13.1 Å². The van der Waals surface area contributed by atoms with Gasteiger partial charge in [0.15, 0.2) is 0 Å². The number of carboxylic acid groups (broad SMARTS) is 1. The SMILES string of the molecule is Cc1ccsc1/C=C/C(=O)N1CC(C)(OCC(=O)O)C1. The van der Waals surface area contributed by atoms with E-state index in [4.69, 9.17) is 9.84 Å². The molecule has 1 amide bonds. The van der Waals surface area contributed by atoms with Gasteiger partial charge in [0.2, 0.25) is 5.91 Å². The molecule has 1 saturated heterocycles. The van der Waals surface area contributed by atoms with Crippen molar-refractivity contribution in [1.29, 1.82) is 0 Å². The minimum atomic E-state index is -0.996. The number of amides is 1. The van der Waals surface area contributed by atoms with Gasteiger partial charge in [-0.3, -0.25) is 4.79 Å². The Hall–Kier alpha value is -1.66. The minimum absolute atomic E-state index is 0.0748. The second-order valence-corrected chi connectivity index (χ2v) is 6.08. The Morgan fingerprint density at radius 1 is 1.55 bits per heavy atom. The van der Waals surface area contributed by atoms with E-state index < -0.39 is 11.6 Å². The molecule has 6 heteroatoms. The zero-order chi connectivity index (χ0) is 14.8. The van der Waals surface area contributed by atoms with Crippen LogP contribution in [0.1, 0.15) is 17.4 Å². The lowest BCUT2D eigenvalue weighted by Crippen LogP contribution is -2.63. The molecule has 1 aromatic heterocycles. The maximum Gasteiger partial charge on any atom is 0.329 e. The van der Waals surface area contributed by atoms with E-state index in [0.717, 1.165) is 10.4 Å². The highest BCUT2D eigenvalue weighted by Crippen LogP contribution is 2.25. The Balaban J connectivity index is 1.83. The predicted molar refractivity (Wildman–Crippen MR) is 76.7 cm³/mol. The lowest BCUT2D eigenvalue weighted by molar-refractivity contribution is -0.170. The second kappa shape index (κ2) is 5.76. The molecule has 0 spiro atoms. The van der Waals surface area contributed by atoms with Gasteiger partial charge in [-0.25, -0.2) is 4.79 Å². The van der Waals surface area contributed by atoms with Crippen LogP contribution < -0.4 is 0 Å². The van der Waals surface area contributed by atoms with Crippen LogP contribution >= 0.6 is 11.3 Å². The fourth-order valence-corrected chi connectivity index (χ4v) is 2.87. The van der Waals surface area contributed by atoms with Crippen LogP contribution in [0.25, 0.3) is 6.08 Å². The molecule has 0 aromatic carbocycles. The zero-order valence-corrected chi connectivity index (χ0v) is 12.3. The van der Waals surface area contributed by atoms with Crippen molar-refractivity contribution in [3.8, 4) is 0 Å². The number of carbonyl (C=O) groups is 2. The molecule has 108 valence electrons. The number of rotatable bonds is 5. The van der Waals surface area contributed by atoms with Gasteiger partial charge >= 0.3 is 5.97 Å². The molecule has 1 fully saturated rings. The van der Waals surface area contributed by atoms with Gasteiger partial charge < -0.3 is 14.7 Å². The lowest BCUT2D eigenvalue weighted by atomic mass is 9.96. The molecule has 1 N–H and O–H groups in total. The van der Waals surface area contributed by atoms with Gasteiger partial charge in [-0.15, -0.1) is 11.3 Å². The third-order valence-corrected chi connectivity index (χ3v) is 4.17. The number of carboxylic acids is 1. The first kappa shape index (κ1) is 14.7. The normalized spacial score (nSPS) is 17.2. The molecule has 0 saturated carbocycles. The van der Waals surface area contributed by atoms with E-state index in [1.54, 1.807) is 22.3 Å². The van der Waals surface area contributed by atoms with Crippen molar-refractivity contribution in [3.63, 3.8) is 0 Å². The van der Waals surface area contributed by atoms with E-state index in [2.05, 4.69) is 0 Å². The number of hydrogen-bond donors (Lipinski definition) is 1. The molecule has 0 radical (unpaired) electrons. The maximum atomic E-state index is 11.9. The topological polar surface area (TPSA) is 66.8 Å². The van der Waals surface area contributed by atoms with Crippen LogP contribution in [-0.4, -0.2) is 47.2 Å². The average Bonchev–Trinajstić information content (AvgIpc) is 2.75. The molecule has 1 aliphatic heterocycles. The van der Waals surface area contributed by atoms with Crippen molar-refractivity contribution >= 4 is 29.3 Å². The number of nitrogens with zero attached hydrogens (tertiary/aromatic N) is 1. The highest BCUT2D eigenvalue weighted by molar-refractivity contribution is 7.11. The number of aryl methyl sites for hydroxylation is 1. The average molecular weight is 295 g/mol. The van der Waals surface area contributed by atoms with E-state index >= 15 is 0 Å². The number of aliphatic carboxylic acids is 1. The van der Waals surface area contributed by atoms with E-state index in [9.17, 15) is 9.59 Å². The summed E-state index contributed by atoms with van der Waals surface area (Å²) in [4.78, 5) is 25.1. The van der Waals surface area contributed by atoms with Crippen molar-refractivity contribution in [2.24, 2.45) is 0 Å². The van der Waals surface area contributed by atoms with Crippen molar-refractivity contribution in [2.45, 2.75) is 19.4 Å². The van der Waals surface area contributed by atoms with Crippen LogP contribution in [0.4, 0.5) is 0 Å². The molecular weight excluding hydrogens is 278 g/mol. The highest BCUT2D eigenvalue weighted by Gasteiger charge is 2.42. The Bertz CT molecular complexity index is 543. The molecule has 0 bridgehead atoms. The summed E-state index contributed by atoms with van der Waals surface area (Å²) >= 11 is 1.59. The summed E-state index contributed by atoms with van der Waals surface area (Å²) in [7, 11) is 0. The third-order valence-electron chi connectivity index (χ3n) is 3.19. The van der Waals surface area contributed by atoms with Crippen LogP contribution in [0, 0.1) is 6.92 Å². The molecule has 5 nitrogen and oxygen atoms in total. The van der Waals surface area contributed by atoms with Gasteiger partial charge in [0, 0.05) is 11.0 Å². The summed E-state index contributed by atoms with van der Waals surface area (Å²) in [5.74, 6) is -1.07. The van der Waals surface area contributed by atoms with E-state index in [1.807, 2.05) is 31.4 Å². The van der Waals surface area contributed by atoms with Crippen molar-refractivity contribution in [3.05, 3.63) is 28.0 Å². The summed E-state index contributed by atoms with van der Waals surface area (Å²) in [6.07, 6.45) is 3.37. The standard InChI is InChI=1S/C14H17NO4S/c1-10-5-6-20-11(10)3-4-12(16)15-8-14(2,9-15)19-7-13(17)18/h3-6H,7-9H2,1-2H3,(H,17,18)/b4-3+. The van der Waals surface area contributed by atoms with Gasteiger partial charge in [-0.1, -0.05) is 0 Å². The van der Waals surface area contributed by atoms with Crippen LogP contribution in [-0.2, 0) is 14.3 Å². The van der Waals surface area contributed by atoms with Crippen LogP contribution in [0.2, 0.25) is 0 Å². The first-order chi connectivity index (χ1) is 9.39. The fraction of sp³-hybridized carbons (Fsp3) is 0.429. The van der Waals surface area contributed by atoms with Gasteiger partial charge in [-0.05, 0) is 36.9 Å². The summed E-state index contributed by atoms with van der Waals surface area (Å²) in [5, 5.41) is 10.6. The number of carbonyl (C=O) groups excluding carboxylic acids is 1. The summed E-state index contributed by atoms with van der Waals surface area (Å²) in [5.41, 5.74) is 0.609. The van der Waals surface area contributed by atoms with Crippen LogP contribution in [0.3, 0.4) is 0 Å². The quantitative estimate of drug-likeness (QED) is 0.841. The Labute approximate surface area is 121 Å². The summed E-state index contributed by atoms with van der Waals surface area (Å²) < 4.78 is 5.26. The summed E-state index contributed by atoms with van der Waals surface area (Å²) in [6, 6.07) is 2.01. The van der Waals surface area contributed by atoms with Crippen molar-refractivity contribution in [2.75, 3.05) is 19.7 Å². The van der Waals surface area contributed by atoms with Crippen molar-refractivity contribution < 1.29 is 19.4 Å². The minimum Gasteiger partial charge on any atom is -0.480 e.